The molecule has 3 heteroatoms. The van der Waals surface area contributed by atoms with Gasteiger partial charge in [0, 0.05) is 18.1 Å². The minimum atomic E-state index is -0.312. The lowest BCUT2D eigenvalue weighted by Gasteiger charge is -2.28. The molecule has 0 heterocycles. The Bertz CT molecular complexity index is 763. The Labute approximate surface area is 157 Å². The first-order valence-electron chi connectivity index (χ1n) is 9.02. The maximum Gasteiger partial charge on any atom is 0.308 e. The SMILES string of the molecule is CC(=O)Oc1cc(C(C)(C)C)c(OCc2ccccc2)cc1C(C)(C)C. The third kappa shape index (κ3) is 5.10. The summed E-state index contributed by atoms with van der Waals surface area (Å²) in [5.74, 6) is 1.14. The number of rotatable bonds is 4. The summed E-state index contributed by atoms with van der Waals surface area (Å²) in [6.45, 7) is 14.6. The summed E-state index contributed by atoms with van der Waals surface area (Å²) in [4.78, 5) is 11.6. The average Bonchev–Trinajstić information content (AvgIpc) is 2.51. The third-order valence-corrected chi connectivity index (χ3v) is 4.19. The predicted molar refractivity (Wildman–Crippen MR) is 106 cm³/mol. The fourth-order valence-corrected chi connectivity index (χ4v) is 2.83. The van der Waals surface area contributed by atoms with Gasteiger partial charge in [-0.15, -0.1) is 0 Å². The molecular weight excluding hydrogens is 324 g/mol. The van der Waals surface area contributed by atoms with Crippen molar-refractivity contribution in [2.75, 3.05) is 0 Å². The van der Waals surface area contributed by atoms with Gasteiger partial charge in [0.15, 0.2) is 0 Å². The van der Waals surface area contributed by atoms with Gasteiger partial charge in [0.05, 0.1) is 0 Å². The van der Waals surface area contributed by atoms with E-state index in [9.17, 15) is 4.79 Å². The van der Waals surface area contributed by atoms with Crippen molar-refractivity contribution >= 4 is 5.97 Å². The van der Waals surface area contributed by atoms with Gasteiger partial charge in [-0.1, -0.05) is 71.9 Å². The number of carbonyl (C=O) groups is 1. The summed E-state index contributed by atoms with van der Waals surface area (Å²) in [5, 5.41) is 0. The van der Waals surface area contributed by atoms with Gasteiger partial charge in [-0.25, -0.2) is 0 Å². The standard InChI is InChI=1S/C23H30O3/c1-16(24)26-21-14-18(22(2,3)4)20(13-19(21)23(5,6)7)25-15-17-11-9-8-10-12-17/h8-14H,15H2,1-7H3. The molecule has 0 aromatic heterocycles. The van der Waals surface area contributed by atoms with Crippen LogP contribution in [0.4, 0.5) is 0 Å². The highest BCUT2D eigenvalue weighted by Crippen LogP contribution is 2.41. The molecular formula is C23H30O3. The highest BCUT2D eigenvalue weighted by molar-refractivity contribution is 5.70. The first-order chi connectivity index (χ1) is 12.0. The van der Waals surface area contributed by atoms with Gasteiger partial charge in [-0.3, -0.25) is 4.79 Å². The number of carbonyl (C=O) groups excluding carboxylic acids is 1. The summed E-state index contributed by atoms with van der Waals surface area (Å²) in [5.41, 5.74) is 2.79. The first kappa shape index (κ1) is 20.0. The molecule has 2 rings (SSSR count). The van der Waals surface area contributed by atoms with Gasteiger partial charge < -0.3 is 9.47 Å². The van der Waals surface area contributed by atoms with E-state index >= 15 is 0 Å². The van der Waals surface area contributed by atoms with Gasteiger partial charge in [0.1, 0.15) is 18.1 Å². The van der Waals surface area contributed by atoms with Crippen LogP contribution in [0.25, 0.3) is 0 Å². The Kier molecular flexibility index (Phi) is 5.80. The smallest absolute Gasteiger partial charge is 0.308 e. The zero-order chi connectivity index (χ0) is 19.5. The van der Waals surface area contributed by atoms with Crippen molar-refractivity contribution in [3.8, 4) is 11.5 Å². The van der Waals surface area contributed by atoms with Crippen LogP contribution in [0.2, 0.25) is 0 Å². The van der Waals surface area contributed by atoms with E-state index in [0.29, 0.717) is 12.4 Å². The van der Waals surface area contributed by atoms with Gasteiger partial charge in [-0.05, 0) is 28.5 Å². The Morgan fingerprint density at radius 3 is 1.85 bits per heavy atom. The highest BCUT2D eigenvalue weighted by Gasteiger charge is 2.27. The molecule has 0 saturated carbocycles. The fourth-order valence-electron chi connectivity index (χ4n) is 2.83. The summed E-state index contributed by atoms with van der Waals surface area (Å²) < 4.78 is 11.7. The Morgan fingerprint density at radius 1 is 0.846 bits per heavy atom. The molecule has 0 atom stereocenters. The number of hydrogen-bond donors (Lipinski definition) is 0. The van der Waals surface area contributed by atoms with Crippen LogP contribution < -0.4 is 9.47 Å². The van der Waals surface area contributed by atoms with Crippen molar-refractivity contribution in [2.24, 2.45) is 0 Å². The molecule has 0 amide bonds. The molecule has 0 unspecified atom stereocenters. The van der Waals surface area contributed by atoms with E-state index in [2.05, 4.69) is 53.7 Å². The molecule has 0 aliphatic carbocycles. The monoisotopic (exact) mass is 354 g/mol. The summed E-state index contributed by atoms with van der Waals surface area (Å²) in [6.07, 6.45) is 0. The lowest BCUT2D eigenvalue weighted by Crippen LogP contribution is -2.19. The molecule has 26 heavy (non-hydrogen) atoms. The average molecular weight is 354 g/mol. The van der Waals surface area contributed by atoms with E-state index in [1.807, 2.05) is 30.3 Å². The van der Waals surface area contributed by atoms with Crippen molar-refractivity contribution in [3.05, 3.63) is 59.2 Å². The van der Waals surface area contributed by atoms with Gasteiger partial charge in [-0.2, -0.15) is 0 Å². The third-order valence-electron chi connectivity index (χ3n) is 4.19. The van der Waals surface area contributed by atoms with Crippen molar-refractivity contribution in [1.29, 1.82) is 0 Å². The van der Waals surface area contributed by atoms with Gasteiger partial charge >= 0.3 is 5.97 Å². The molecule has 0 spiro atoms. The summed E-state index contributed by atoms with van der Waals surface area (Å²) in [6, 6.07) is 14.1. The zero-order valence-corrected chi connectivity index (χ0v) is 17.0. The second-order valence-electron chi connectivity index (χ2n) is 8.71. The Morgan fingerprint density at radius 2 is 1.35 bits per heavy atom. The number of hydrogen-bond acceptors (Lipinski definition) is 3. The Hall–Kier alpha value is -2.29. The maximum atomic E-state index is 11.6. The number of esters is 1. The number of ether oxygens (including phenoxy) is 2. The molecule has 2 aromatic carbocycles. The van der Waals surface area contributed by atoms with Crippen LogP contribution in [-0.2, 0) is 22.2 Å². The lowest BCUT2D eigenvalue weighted by atomic mass is 9.81. The molecule has 0 fully saturated rings. The van der Waals surface area contributed by atoms with Crippen LogP contribution in [0.1, 0.15) is 65.2 Å². The quantitative estimate of drug-likeness (QED) is 0.515. The van der Waals surface area contributed by atoms with Crippen LogP contribution in [0, 0.1) is 0 Å². The summed E-state index contributed by atoms with van der Waals surface area (Å²) >= 11 is 0. The summed E-state index contributed by atoms with van der Waals surface area (Å²) in [7, 11) is 0. The minimum absolute atomic E-state index is 0.142. The van der Waals surface area contributed by atoms with Crippen molar-refractivity contribution in [3.63, 3.8) is 0 Å². The van der Waals surface area contributed by atoms with Crippen LogP contribution in [0.15, 0.2) is 42.5 Å². The fraction of sp³-hybridized carbons (Fsp3) is 0.435. The second-order valence-corrected chi connectivity index (χ2v) is 8.71. The van der Waals surface area contributed by atoms with Crippen molar-refractivity contribution in [2.45, 2.75) is 65.9 Å². The van der Waals surface area contributed by atoms with E-state index in [1.54, 1.807) is 0 Å². The van der Waals surface area contributed by atoms with Crippen molar-refractivity contribution in [1.82, 2.24) is 0 Å². The molecule has 0 saturated heterocycles. The van der Waals surface area contributed by atoms with E-state index in [4.69, 9.17) is 9.47 Å². The predicted octanol–water partition coefficient (Wildman–Crippen LogP) is 5.79. The molecule has 0 aliphatic heterocycles. The number of benzene rings is 2. The lowest BCUT2D eigenvalue weighted by molar-refractivity contribution is -0.131. The van der Waals surface area contributed by atoms with Crippen LogP contribution >= 0.6 is 0 Å². The van der Waals surface area contributed by atoms with E-state index < -0.39 is 0 Å². The minimum Gasteiger partial charge on any atom is -0.489 e. The normalized spacial score (nSPS) is 12.0. The molecule has 2 aromatic rings. The second kappa shape index (κ2) is 7.53. The van der Waals surface area contributed by atoms with Crippen LogP contribution in [0.5, 0.6) is 11.5 Å². The van der Waals surface area contributed by atoms with Crippen LogP contribution in [-0.4, -0.2) is 5.97 Å². The Balaban J connectivity index is 2.51. The highest BCUT2D eigenvalue weighted by atomic mass is 16.5. The topological polar surface area (TPSA) is 35.5 Å². The van der Waals surface area contributed by atoms with Crippen LogP contribution in [0.3, 0.4) is 0 Å². The molecule has 0 aliphatic rings. The maximum absolute atomic E-state index is 11.6. The molecule has 140 valence electrons. The van der Waals surface area contributed by atoms with Gasteiger partial charge in [0.25, 0.3) is 0 Å². The van der Waals surface area contributed by atoms with E-state index in [1.165, 1.54) is 6.92 Å². The zero-order valence-electron chi connectivity index (χ0n) is 17.0. The molecule has 0 radical (unpaired) electrons. The van der Waals surface area contributed by atoms with E-state index in [0.717, 1.165) is 22.4 Å². The first-order valence-corrected chi connectivity index (χ1v) is 9.02. The van der Waals surface area contributed by atoms with Crippen molar-refractivity contribution < 1.29 is 14.3 Å². The largest absolute Gasteiger partial charge is 0.489 e. The molecule has 3 nitrogen and oxygen atoms in total. The van der Waals surface area contributed by atoms with Gasteiger partial charge in [0.2, 0.25) is 0 Å². The van der Waals surface area contributed by atoms with E-state index in [-0.39, 0.29) is 16.8 Å². The molecule has 0 bridgehead atoms. The molecule has 0 N–H and O–H groups in total.